The molecule has 1 heterocycles. The fraction of sp³-hybridized carbons (Fsp3) is 0.278. The minimum atomic E-state index is 0.0166. The number of carbonyl (C=O) groups is 1. The molecule has 5 heteroatoms. The topological polar surface area (TPSA) is 23.6 Å². The molecular formula is C18H18Cl2N2O. The summed E-state index contributed by atoms with van der Waals surface area (Å²) in [7, 11) is 0. The standard InChI is InChI=1S/C18H18Cl2N2O/c19-16-7-6-15(12-17(16)20)18(23)22-10-8-21(9-11-22)13-14-4-2-1-3-5-14/h1-7,12H,8-11,13H2. The Morgan fingerprint density at radius 3 is 2.26 bits per heavy atom. The van der Waals surface area contributed by atoms with Crippen molar-refractivity contribution in [1.82, 2.24) is 9.80 Å². The summed E-state index contributed by atoms with van der Waals surface area (Å²) in [5.74, 6) is 0.0166. The molecule has 0 saturated carbocycles. The van der Waals surface area contributed by atoms with Gasteiger partial charge in [0.05, 0.1) is 10.0 Å². The van der Waals surface area contributed by atoms with Crippen molar-refractivity contribution in [2.75, 3.05) is 26.2 Å². The molecule has 1 saturated heterocycles. The summed E-state index contributed by atoms with van der Waals surface area (Å²) in [6.45, 7) is 4.14. The monoisotopic (exact) mass is 348 g/mol. The van der Waals surface area contributed by atoms with E-state index in [4.69, 9.17) is 23.2 Å². The zero-order valence-electron chi connectivity index (χ0n) is 12.7. The van der Waals surface area contributed by atoms with Crippen molar-refractivity contribution in [1.29, 1.82) is 0 Å². The molecule has 0 spiro atoms. The number of benzene rings is 2. The fourth-order valence-electron chi connectivity index (χ4n) is 2.76. The molecule has 23 heavy (non-hydrogen) atoms. The van der Waals surface area contributed by atoms with E-state index >= 15 is 0 Å². The second-order valence-corrected chi connectivity index (χ2v) is 6.50. The largest absolute Gasteiger partial charge is 0.336 e. The van der Waals surface area contributed by atoms with Crippen molar-refractivity contribution < 1.29 is 4.79 Å². The molecule has 3 nitrogen and oxygen atoms in total. The van der Waals surface area contributed by atoms with Gasteiger partial charge in [-0.15, -0.1) is 0 Å². The van der Waals surface area contributed by atoms with Crippen molar-refractivity contribution in [2.24, 2.45) is 0 Å². The van der Waals surface area contributed by atoms with Gasteiger partial charge in [0.15, 0.2) is 0 Å². The Kier molecular flexibility index (Phi) is 5.21. The van der Waals surface area contributed by atoms with Crippen LogP contribution in [0.1, 0.15) is 15.9 Å². The molecule has 0 unspecified atom stereocenters. The Labute approximate surface area is 146 Å². The molecular weight excluding hydrogens is 331 g/mol. The van der Waals surface area contributed by atoms with Gasteiger partial charge in [-0.25, -0.2) is 0 Å². The molecule has 1 amide bonds. The fourth-order valence-corrected chi connectivity index (χ4v) is 3.06. The first-order valence-electron chi connectivity index (χ1n) is 7.64. The second kappa shape index (κ2) is 7.35. The summed E-state index contributed by atoms with van der Waals surface area (Å²) in [5, 5.41) is 0.885. The second-order valence-electron chi connectivity index (χ2n) is 5.68. The molecule has 0 N–H and O–H groups in total. The molecule has 0 atom stereocenters. The van der Waals surface area contributed by atoms with Crippen LogP contribution >= 0.6 is 23.2 Å². The van der Waals surface area contributed by atoms with Crippen LogP contribution in [-0.2, 0) is 6.54 Å². The normalized spacial score (nSPS) is 15.7. The highest BCUT2D eigenvalue weighted by atomic mass is 35.5. The number of amides is 1. The van der Waals surface area contributed by atoms with E-state index in [9.17, 15) is 4.79 Å². The highest BCUT2D eigenvalue weighted by Crippen LogP contribution is 2.23. The number of carbonyl (C=O) groups excluding carboxylic acids is 1. The third-order valence-corrected chi connectivity index (χ3v) is 4.81. The van der Waals surface area contributed by atoms with Crippen LogP contribution < -0.4 is 0 Å². The Morgan fingerprint density at radius 1 is 0.913 bits per heavy atom. The minimum absolute atomic E-state index is 0.0166. The number of rotatable bonds is 3. The van der Waals surface area contributed by atoms with E-state index in [0.717, 1.165) is 32.7 Å². The van der Waals surface area contributed by atoms with Gasteiger partial charge in [0.1, 0.15) is 0 Å². The summed E-state index contributed by atoms with van der Waals surface area (Å²) in [6.07, 6.45) is 0. The maximum atomic E-state index is 12.5. The number of piperazine rings is 1. The van der Waals surface area contributed by atoms with Crippen LogP contribution in [0.25, 0.3) is 0 Å². The van der Waals surface area contributed by atoms with Gasteiger partial charge in [-0.05, 0) is 23.8 Å². The van der Waals surface area contributed by atoms with Gasteiger partial charge in [-0.1, -0.05) is 53.5 Å². The molecule has 2 aromatic rings. The van der Waals surface area contributed by atoms with Crippen molar-refractivity contribution in [3.63, 3.8) is 0 Å². The SMILES string of the molecule is O=C(c1ccc(Cl)c(Cl)c1)N1CCN(Cc2ccccc2)CC1. The van der Waals surface area contributed by atoms with E-state index in [-0.39, 0.29) is 5.91 Å². The van der Waals surface area contributed by atoms with E-state index in [1.165, 1.54) is 5.56 Å². The molecule has 0 aliphatic carbocycles. The van der Waals surface area contributed by atoms with Crippen LogP contribution in [0.15, 0.2) is 48.5 Å². The Bertz CT molecular complexity index is 683. The average molecular weight is 349 g/mol. The zero-order valence-corrected chi connectivity index (χ0v) is 14.2. The summed E-state index contributed by atoms with van der Waals surface area (Å²) < 4.78 is 0. The van der Waals surface area contributed by atoms with Gasteiger partial charge in [-0.3, -0.25) is 9.69 Å². The average Bonchev–Trinajstić information content (AvgIpc) is 2.58. The zero-order chi connectivity index (χ0) is 16.2. The minimum Gasteiger partial charge on any atom is -0.336 e. The van der Waals surface area contributed by atoms with Gasteiger partial charge in [0.2, 0.25) is 0 Å². The molecule has 0 aromatic heterocycles. The summed E-state index contributed by atoms with van der Waals surface area (Å²) in [4.78, 5) is 16.8. The van der Waals surface area contributed by atoms with E-state index in [2.05, 4.69) is 29.2 Å². The van der Waals surface area contributed by atoms with Crippen LogP contribution in [0.5, 0.6) is 0 Å². The molecule has 0 bridgehead atoms. The van der Waals surface area contributed by atoms with Crippen LogP contribution in [0, 0.1) is 0 Å². The lowest BCUT2D eigenvalue weighted by atomic mass is 10.1. The first-order valence-corrected chi connectivity index (χ1v) is 8.40. The van der Waals surface area contributed by atoms with Gasteiger partial charge in [0, 0.05) is 38.3 Å². The molecule has 1 aliphatic heterocycles. The molecule has 0 radical (unpaired) electrons. The lowest BCUT2D eigenvalue weighted by Crippen LogP contribution is -2.48. The third kappa shape index (κ3) is 4.05. The third-order valence-electron chi connectivity index (χ3n) is 4.08. The number of hydrogen-bond acceptors (Lipinski definition) is 2. The number of hydrogen-bond donors (Lipinski definition) is 0. The lowest BCUT2D eigenvalue weighted by Gasteiger charge is -2.34. The first-order chi connectivity index (χ1) is 11.1. The maximum absolute atomic E-state index is 12.5. The van der Waals surface area contributed by atoms with Crippen LogP contribution in [-0.4, -0.2) is 41.9 Å². The van der Waals surface area contributed by atoms with Gasteiger partial charge >= 0.3 is 0 Å². The quantitative estimate of drug-likeness (QED) is 0.838. The first kappa shape index (κ1) is 16.3. The molecule has 3 rings (SSSR count). The Hall–Kier alpha value is -1.55. The predicted molar refractivity (Wildman–Crippen MR) is 94.1 cm³/mol. The maximum Gasteiger partial charge on any atom is 0.253 e. The number of halogens is 2. The van der Waals surface area contributed by atoms with Crippen molar-refractivity contribution >= 4 is 29.1 Å². The lowest BCUT2D eigenvalue weighted by molar-refractivity contribution is 0.0628. The molecule has 1 aliphatic rings. The van der Waals surface area contributed by atoms with E-state index in [1.807, 2.05) is 11.0 Å². The van der Waals surface area contributed by atoms with E-state index in [1.54, 1.807) is 18.2 Å². The smallest absolute Gasteiger partial charge is 0.253 e. The Morgan fingerprint density at radius 2 is 1.61 bits per heavy atom. The van der Waals surface area contributed by atoms with Gasteiger partial charge < -0.3 is 4.90 Å². The van der Waals surface area contributed by atoms with Gasteiger partial charge in [-0.2, -0.15) is 0 Å². The Balaban J connectivity index is 1.58. The number of nitrogens with zero attached hydrogens (tertiary/aromatic N) is 2. The van der Waals surface area contributed by atoms with Crippen molar-refractivity contribution in [3.05, 3.63) is 69.7 Å². The summed E-state index contributed by atoms with van der Waals surface area (Å²) >= 11 is 11.9. The van der Waals surface area contributed by atoms with Crippen LogP contribution in [0.3, 0.4) is 0 Å². The molecule has 1 fully saturated rings. The predicted octanol–water partition coefficient (Wildman–Crippen LogP) is 3.95. The summed E-state index contributed by atoms with van der Waals surface area (Å²) in [6, 6.07) is 15.4. The van der Waals surface area contributed by atoms with Crippen LogP contribution in [0.2, 0.25) is 10.0 Å². The highest BCUT2D eigenvalue weighted by molar-refractivity contribution is 6.42. The molecule has 2 aromatic carbocycles. The van der Waals surface area contributed by atoms with Crippen molar-refractivity contribution in [3.8, 4) is 0 Å². The van der Waals surface area contributed by atoms with Crippen LogP contribution in [0.4, 0.5) is 0 Å². The molecule has 120 valence electrons. The summed E-state index contributed by atoms with van der Waals surface area (Å²) in [5.41, 5.74) is 1.90. The van der Waals surface area contributed by atoms with E-state index < -0.39 is 0 Å². The van der Waals surface area contributed by atoms with Crippen molar-refractivity contribution in [2.45, 2.75) is 6.54 Å². The van der Waals surface area contributed by atoms with Gasteiger partial charge in [0.25, 0.3) is 5.91 Å². The van der Waals surface area contributed by atoms with E-state index in [0.29, 0.717) is 15.6 Å². The highest BCUT2D eigenvalue weighted by Gasteiger charge is 2.22.